The Kier molecular flexibility index (Phi) is 6.79. The SMILES string of the molecule is CCn1ncc2c(C(=O)OC(C)C(=O)Nc3cc(Cl)ccc3OC)cc(-c3ccccc3)nc21. The van der Waals surface area contributed by atoms with Crippen LogP contribution in [0.2, 0.25) is 5.02 Å². The van der Waals surface area contributed by atoms with Crippen LogP contribution in [0.5, 0.6) is 5.75 Å². The highest BCUT2D eigenvalue weighted by molar-refractivity contribution is 6.31. The Balaban J connectivity index is 1.62. The van der Waals surface area contributed by atoms with Crippen molar-refractivity contribution in [2.75, 3.05) is 12.4 Å². The van der Waals surface area contributed by atoms with Gasteiger partial charge in [0.1, 0.15) is 5.75 Å². The summed E-state index contributed by atoms with van der Waals surface area (Å²) in [5.41, 5.74) is 2.68. The standard InChI is InChI=1S/C25H23ClN4O4/c1-4-30-23-19(14-27-30)18(13-20(28-23)16-8-6-5-7-9-16)25(32)34-15(2)24(31)29-21-12-17(26)10-11-22(21)33-3/h5-15H,4H2,1-3H3,(H,29,31). The molecule has 0 saturated heterocycles. The van der Waals surface area contributed by atoms with Gasteiger partial charge in [-0.1, -0.05) is 41.9 Å². The Bertz CT molecular complexity index is 1350. The van der Waals surface area contributed by atoms with E-state index in [0.29, 0.717) is 39.7 Å². The van der Waals surface area contributed by atoms with Gasteiger partial charge in [-0.05, 0) is 38.1 Å². The monoisotopic (exact) mass is 478 g/mol. The highest BCUT2D eigenvalue weighted by Gasteiger charge is 2.24. The van der Waals surface area contributed by atoms with Gasteiger partial charge in [0.05, 0.1) is 35.6 Å². The molecule has 34 heavy (non-hydrogen) atoms. The summed E-state index contributed by atoms with van der Waals surface area (Å²) < 4.78 is 12.5. The Labute approximate surface area is 201 Å². The van der Waals surface area contributed by atoms with Crippen LogP contribution in [0.25, 0.3) is 22.3 Å². The summed E-state index contributed by atoms with van der Waals surface area (Å²) in [6.07, 6.45) is 0.500. The van der Waals surface area contributed by atoms with Gasteiger partial charge in [-0.3, -0.25) is 4.79 Å². The van der Waals surface area contributed by atoms with Crippen LogP contribution >= 0.6 is 11.6 Å². The zero-order valence-corrected chi connectivity index (χ0v) is 19.7. The maximum absolute atomic E-state index is 13.2. The van der Waals surface area contributed by atoms with E-state index >= 15 is 0 Å². The Hall–Kier alpha value is -3.91. The van der Waals surface area contributed by atoms with Crippen molar-refractivity contribution in [1.29, 1.82) is 0 Å². The van der Waals surface area contributed by atoms with Crippen molar-refractivity contribution >= 4 is 40.2 Å². The second-order valence-corrected chi connectivity index (χ2v) is 7.94. The molecular formula is C25H23ClN4O4. The van der Waals surface area contributed by atoms with Gasteiger partial charge in [-0.2, -0.15) is 5.10 Å². The Morgan fingerprint density at radius 1 is 1.15 bits per heavy atom. The molecule has 9 heteroatoms. The van der Waals surface area contributed by atoms with Crippen molar-refractivity contribution in [3.8, 4) is 17.0 Å². The third kappa shape index (κ3) is 4.72. The van der Waals surface area contributed by atoms with Gasteiger partial charge in [-0.25, -0.2) is 14.5 Å². The number of hydrogen-bond acceptors (Lipinski definition) is 6. The third-order valence-corrected chi connectivity index (χ3v) is 5.51. The molecular weight excluding hydrogens is 456 g/mol. The van der Waals surface area contributed by atoms with E-state index in [1.54, 1.807) is 35.1 Å². The molecule has 4 rings (SSSR count). The molecule has 0 saturated carbocycles. The van der Waals surface area contributed by atoms with Gasteiger partial charge in [-0.15, -0.1) is 0 Å². The van der Waals surface area contributed by atoms with Crippen molar-refractivity contribution in [1.82, 2.24) is 14.8 Å². The number of hydrogen-bond donors (Lipinski definition) is 1. The number of carbonyl (C=O) groups is 2. The molecule has 0 radical (unpaired) electrons. The molecule has 8 nitrogen and oxygen atoms in total. The summed E-state index contributed by atoms with van der Waals surface area (Å²) in [6, 6.07) is 16.0. The average molecular weight is 479 g/mol. The highest BCUT2D eigenvalue weighted by atomic mass is 35.5. The van der Waals surface area contributed by atoms with E-state index in [2.05, 4.69) is 10.4 Å². The molecule has 1 amide bonds. The maximum atomic E-state index is 13.2. The third-order valence-electron chi connectivity index (χ3n) is 5.27. The average Bonchev–Trinajstić information content (AvgIpc) is 3.27. The molecule has 174 valence electrons. The van der Waals surface area contributed by atoms with E-state index in [4.69, 9.17) is 26.1 Å². The van der Waals surface area contributed by atoms with Crippen molar-refractivity contribution < 1.29 is 19.1 Å². The van der Waals surface area contributed by atoms with Gasteiger partial charge >= 0.3 is 5.97 Å². The first-order chi connectivity index (χ1) is 16.4. The maximum Gasteiger partial charge on any atom is 0.339 e. The summed E-state index contributed by atoms with van der Waals surface area (Å²) in [7, 11) is 1.48. The summed E-state index contributed by atoms with van der Waals surface area (Å²) in [5.74, 6) is -0.737. The molecule has 1 atom stereocenters. The number of esters is 1. The number of nitrogens with one attached hydrogen (secondary N) is 1. The minimum atomic E-state index is -1.08. The lowest BCUT2D eigenvalue weighted by molar-refractivity contribution is -0.123. The zero-order valence-electron chi connectivity index (χ0n) is 18.9. The number of fused-ring (bicyclic) bond motifs is 1. The van der Waals surface area contributed by atoms with Gasteiger partial charge in [0.2, 0.25) is 0 Å². The molecule has 1 unspecified atom stereocenters. The fraction of sp³-hybridized carbons (Fsp3) is 0.200. The number of ether oxygens (including phenoxy) is 2. The van der Waals surface area contributed by atoms with Crippen LogP contribution in [0, 0.1) is 0 Å². The molecule has 0 spiro atoms. The molecule has 0 fully saturated rings. The van der Waals surface area contributed by atoms with Crippen LogP contribution in [-0.4, -0.2) is 39.9 Å². The van der Waals surface area contributed by atoms with Crippen molar-refractivity contribution in [2.45, 2.75) is 26.5 Å². The minimum absolute atomic E-state index is 0.281. The predicted octanol–water partition coefficient (Wildman–Crippen LogP) is 4.96. The molecule has 0 aliphatic heterocycles. The Morgan fingerprint density at radius 2 is 1.91 bits per heavy atom. The molecule has 0 aliphatic rings. The minimum Gasteiger partial charge on any atom is -0.495 e. The van der Waals surface area contributed by atoms with Crippen molar-refractivity contribution in [2.24, 2.45) is 0 Å². The summed E-state index contributed by atoms with van der Waals surface area (Å²) in [5, 5.41) is 8.01. The van der Waals surface area contributed by atoms with Crippen LogP contribution in [0.3, 0.4) is 0 Å². The van der Waals surface area contributed by atoms with Crippen LogP contribution in [0.1, 0.15) is 24.2 Å². The van der Waals surface area contributed by atoms with Crippen LogP contribution < -0.4 is 10.1 Å². The quantitative estimate of drug-likeness (QED) is 0.377. The molecule has 4 aromatic rings. The zero-order chi connectivity index (χ0) is 24.2. The van der Waals surface area contributed by atoms with Crippen molar-refractivity contribution in [3.05, 3.63) is 71.4 Å². The number of pyridine rings is 1. The number of carbonyl (C=O) groups excluding carboxylic acids is 2. The van der Waals surface area contributed by atoms with Gasteiger partial charge < -0.3 is 14.8 Å². The number of halogens is 1. The number of methoxy groups -OCH3 is 1. The van der Waals surface area contributed by atoms with E-state index in [9.17, 15) is 9.59 Å². The van der Waals surface area contributed by atoms with Crippen LogP contribution in [0.15, 0.2) is 60.8 Å². The molecule has 0 aliphatic carbocycles. The Morgan fingerprint density at radius 3 is 2.62 bits per heavy atom. The van der Waals surface area contributed by atoms with Crippen molar-refractivity contribution in [3.63, 3.8) is 0 Å². The topological polar surface area (TPSA) is 95.3 Å². The fourth-order valence-corrected chi connectivity index (χ4v) is 3.67. The number of anilines is 1. The van der Waals surface area contributed by atoms with Gasteiger partial charge in [0, 0.05) is 17.1 Å². The fourth-order valence-electron chi connectivity index (χ4n) is 3.49. The molecule has 2 heterocycles. The summed E-state index contributed by atoms with van der Waals surface area (Å²) >= 11 is 6.03. The smallest absolute Gasteiger partial charge is 0.339 e. The van der Waals surface area contributed by atoms with Gasteiger partial charge in [0.25, 0.3) is 5.91 Å². The van der Waals surface area contributed by atoms with E-state index in [1.165, 1.54) is 14.0 Å². The lowest BCUT2D eigenvalue weighted by atomic mass is 10.1. The molecule has 0 bridgehead atoms. The first kappa shape index (κ1) is 23.3. The number of aromatic nitrogens is 3. The van der Waals surface area contributed by atoms with Gasteiger partial charge in [0.15, 0.2) is 11.8 Å². The molecule has 2 aromatic heterocycles. The van der Waals surface area contributed by atoms with E-state index in [0.717, 1.165) is 5.56 Å². The largest absolute Gasteiger partial charge is 0.495 e. The van der Waals surface area contributed by atoms with E-state index in [1.807, 2.05) is 37.3 Å². The first-order valence-corrected chi connectivity index (χ1v) is 11.1. The van der Waals surface area contributed by atoms with E-state index < -0.39 is 18.0 Å². The second kappa shape index (κ2) is 9.93. The molecule has 2 aromatic carbocycles. The molecule has 1 N–H and O–H groups in total. The first-order valence-electron chi connectivity index (χ1n) is 10.7. The number of amides is 1. The highest BCUT2D eigenvalue weighted by Crippen LogP contribution is 2.29. The van der Waals surface area contributed by atoms with E-state index in [-0.39, 0.29) is 5.56 Å². The summed E-state index contributed by atoms with van der Waals surface area (Å²) in [4.78, 5) is 30.6. The summed E-state index contributed by atoms with van der Waals surface area (Å²) in [6.45, 7) is 4.03. The lowest BCUT2D eigenvalue weighted by Gasteiger charge is -2.16. The number of nitrogens with zero attached hydrogens (tertiary/aromatic N) is 3. The normalized spacial score (nSPS) is 11.8. The van der Waals surface area contributed by atoms with Crippen LogP contribution in [-0.2, 0) is 16.1 Å². The number of benzene rings is 2. The predicted molar refractivity (Wildman–Crippen MR) is 130 cm³/mol. The lowest BCUT2D eigenvalue weighted by Crippen LogP contribution is -2.30. The number of aryl methyl sites for hydroxylation is 1. The van der Waals surface area contributed by atoms with Crippen LogP contribution in [0.4, 0.5) is 5.69 Å². The number of rotatable bonds is 7. The second-order valence-electron chi connectivity index (χ2n) is 7.50.